The Balaban J connectivity index is 0.000000316. The number of nitrogens with two attached hydrogens (primary N) is 2. The van der Waals surface area contributed by atoms with Gasteiger partial charge in [-0.1, -0.05) is 67.9 Å². The summed E-state index contributed by atoms with van der Waals surface area (Å²) in [7, 11) is 0. The first kappa shape index (κ1) is 28.6. The van der Waals surface area contributed by atoms with Crippen LogP contribution in [0, 0.1) is 13.8 Å². The number of aryl methyl sites for hydroxylation is 3. The smallest absolute Gasteiger partial charge is 0.240 e. The maximum absolute atomic E-state index is 12.8. The van der Waals surface area contributed by atoms with E-state index in [2.05, 4.69) is 55.1 Å². The third-order valence-corrected chi connectivity index (χ3v) is 6.25. The molecule has 1 atom stereocenters. The van der Waals surface area contributed by atoms with Crippen molar-refractivity contribution in [1.29, 1.82) is 0 Å². The first-order valence-corrected chi connectivity index (χ1v) is 12.4. The van der Waals surface area contributed by atoms with Gasteiger partial charge in [-0.15, -0.1) is 0 Å². The number of nitrogens with zero attached hydrogens (tertiary/aromatic N) is 1. The van der Waals surface area contributed by atoms with Gasteiger partial charge in [0.2, 0.25) is 12.3 Å². The number of phenolic OH excluding ortho intramolecular Hbond substituents is 1. The van der Waals surface area contributed by atoms with E-state index < -0.39 is 6.04 Å². The van der Waals surface area contributed by atoms with Crippen LogP contribution in [0.25, 0.3) is 0 Å². The van der Waals surface area contributed by atoms with Gasteiger partial charge in [-0.25, -0.2) is 0 Å². The van der Waals surface area contributed by atoms with Crippen LogP contribution in [0.1, 0.15) is 46.7 Å². The number of aromatic hydroxyl groups is 1. The van der Waals surface area contributed by atoms with Gasteiger partial charge >= 0.3 is 0 Å². The van der Waals surface area contributed by atoms with Gasteiger partial charge in [-0.2, -0.15) is 0 Å². The fourth-order valence-corrected chi connectivity index (χ4v) is 4.45. The van der Waals surface area contributed by atoms with Crippen LogP contribution >= 0.6 is 0 Å². The molecule has 0 saturated carbocycles. The lowest BCUT2D eigenvalue weighted by Crippen LogP contribution is -2.46. The molecule has 0 spiro atoms. The van der Waals surface area contributed by atoms with Crippen molar-refractivity contribution in [2.75, 3.05) is 6.54 Å². The van der Waals surface area contributed by atoms with E-state index in [1.54, 1.807) is 12.1 Å². The second-order valence-corrected chi connectivity index (χ2v) is 9.02. The van der Waals surface area contributed by atoms with Crippen molar-refractivity contribution in [3.05, 3.63) is 100 Å². The molecule has 1 heterocycles. The van der Waals surface area contributed by atoms with Crippen LogP contribution in [0.3, 0.4) is 0 Å². The Hall–Kier alpha value is -3.64. The summed E-state index contributed by atoms with van der Waals surface area (Å²) in [5, 5.41) is 9.65. The summed E-state index contributed by atoms with van der Waals surface area (Å²) < 4.78 is 0. The molecular formula is C30H39N3O3. The van der Waals surface area contributed by atoms with Crippen LogP contribution in [0.15, 0.2) is 66.7 Å². The monoisotopic (exact) mass is 489 g/mol. The van der Waals surface area contributed by atoms with Crippen molar-refractivity contribution in [1.82, 2.24) is 4.90 Å². The van der Waals surface area contributed by atoms with Gasteiger partial charge in [0.25, 0.3) is 0 Å². The summed E-state index contributed by atoms with van der Waals surface area (Å²) in [6.07, 6.45) is 4.08. The van der Waals surface area contributed by atoms with Crippen LogP contribution in [0.4, 0.5) is 0 Å². The highest BCUT2D eigenvalue weighted by Crippen LogP contribution is 2.23. The highest BCUT2D eigenvalue weighted by molar-refractivity contribution is 5.82. The standard InChI is InChI=1S/C20H24N2O2.C9H12.CH3NO/c1-13-9-17(23)10-14(2)18(13)11-19(21)20(24)22-8-7-15-5-3-4-6-16(15)12-22;1-2-6-9-7-4-3-5-8-9;2-1-3/h3-6,9-10,19,23H,7-8,11-12,21H2,1-2H3;3-5,7-8H,2,6H2,1H3;1H,(H2,2,3). The van der Waals surface area contributed by atoms with Crippen molar-refractivity contribution in [3.63, 3.8) is 0 Å². The first-order chi connectivity index (χ1) is 17.3. The largest absolute Gasteiger partial charge is 0.508 e. The van der Waals surface area contributed by atoms with Gasteiger partial charge in [0.15, 0.2) is 0 Å². The topological polar surface area (TPSA) is 110 Å². The maximum Gasteiger partial charge on any atom is 0.240 e. The van der Waals surface area contributed by atoms with Crippen LogP contribution in [0.2, 0.25) is 0 Å². The predicted molar refractivity (Wildman–Crippen MR) is 146 cm³/mol. The second kappa shape index (κ2) is 14.7. The Kier molecular flexibility index (Phi) is 11.7. The van der Waals surface area contributed by atoms with E-state index in [0.717, 1.165) is 29.7 Å². The van der Waals surface area contributed by atoms with E-state index >= 15 is 0 Å². The number of fused-ring (bicyclic) bond motifs is 1. The minimum Gasteiger partial charge on any atom is -0.508 e. The molecule has 2 amide bonds. The summed E-state index contributed by atoms with van der Waals surface area (Å²) in [4.78, 5) is 23.2. The van der Waals surface area contributed by atoms with E-state index in [4.69, 9.17) is 10.5 Å². The Morgan fingerprint density at radius 1 is 1.03 bits per heavy atom. The van der Waals surface area contributed by atoms with E-state index in [1.807, 2.05) is 30.9 Å². The van der Waals surface area contributed by atoms with E-state index in [1.165, 1.54) is 29.5 Å². The van der Waals surface area contributed by atoms with Crippen LogP contribution in [0.5, 0.6) is 5.75 Å². The summed E-state index contributed by atoms with van der Waals surface area (Å²) in [6.45, 7) is 7.44. The molecule has 1 unspecified atom stereocenters. The SMILES string of the molecule is CCCc1ccccc1.Cc1cc(O)cc(C)c1CC(N)C(=O)N1CCc2ccccc2C1.NC=O. The molecule has 36 heavy (non-hydrogen) atoms. The molecule has 3 aromatic carbocycles. The lowest BCUT2D eigenvalue weighted by atomic mass is 9.94. The second-order valence-electron chi connectivity index (χ2n) is 9.02. The molecule has 1 aliphatic heterocycles. The van der Waals surface area contributed by atoms with Crippen molar-refractivity contribution in [2.24, 2.45) is 11.5 Å². The fourth-order valence-electron chi connectivity index (χ4n) is 4.45. The zero-order valence-corrected chi connectivity index (χ0v) is 21.6. The third kappa shape index (κ3) is 8.54. The number of carbonyl (C=O) groups excluding carboxylic acids is 2. The van der Waals surface area contributed by atoms with Crippen molar-refractivity contribution in [3.8, 4) is 5.75 Å². The van der Waals surface area contributed by atoms with E-state index in [0.29, 0.717) is 13.0 Å². The molecule has 0 bridgehead atoms. The highest BCUT2D eigenvalue weighted by Gasteiger charge is 2.25. The number of rotatable bonds is 5. The number of amides is 2. The number of carbonyl (C=O) groups is 2. The van der Waals surface area contributed by atoms with Gasteiger partial charge in [0.05, 0.1) is 6.04 Å². The van der Waals surface area contributed by atoms with E-state index in [-0.39, 0.29) is 18.1 Å². The number of phenols is 1. The zero-order chi connectivity index (χ0) is 26.5. The fraction of sp³-hybridized carbons (Fsp3) is 0.333. The quantitative estimate of drug-likeness (QED) is 0.467. The molecule has 4 rings (SSSR count). The lowest BCUT2D eigenvalue weighted by molar-refractivity contribution is -0.133. The van der Waals surface area contributed by atoms with Crippen molar-refractivity contribution >= 4 is 12.3 Å². The Labute approximate surface area is 214 Å². The summed E-state index contributed by atoms with van der Waals surface area (Å²) in [5.41, 5.74) is 17.4. The molecule has 0 fully saturated rings. The first-order valence-electron chi connectivity index (χ1n) is 12.4. The summed E-state index contributed by atoms with van der Waals surface area (Å²) >= 11 is 0. The maximum atomic E-state index is 12.8. The molecule has 0 saturated heterocycles. The number of benzene rings is 3. The molecule has 0 aliphatic carbocycles. The van der Waals surface area contributed by atoms with Gasteiger partial charge < -0.3 is 21.5 Å². The van der Waals surface area contributed by atoms with Crippen molar-refractivity contribution in [2.45, 2.75) is 59.0 Å². The molecule has 5 N–H and O–H groups in total. The predicted octanol–water partition coefficient (Wildman–Crippen LogP) is 4.20. The molecular weight excluding hydrogens is 450 g/mol. The minimum absolute atomic E-state index is 0.00335. The normalized spacial score (nSPS) is 12.7. The number of hydrogen-bond acceptors (Lipinski definition) is 4. The molecule has 192 valence electrons. The molecule has 6 heteroatoms. The average Bonchev–Trinajstić information content (AvgIpc) is 2.87. The van der Waals surface area contributed by atoms with Gasteiger partial charge in [0.1, 0.15) is 5.75 Å². The molecule has 1 aliphatic rings. The molecule has 0 aromatic heterocycles. The van der Waals surface area contributed by atoms with Crippen LogP contribution in [-0.4, -0.2) is 34.9 Å². The third-order valence-electron chi connectivity index (χ3n) is 6.25. The minimum atomic E-state index is -0.558. The summed E-state index contributed by atoms with van der Waals surface area (Å²) in [5.74, 6) is 0.248. The molecule has 0 radical (unpaired) electrons. The number of hydrogen-bond donors (Lipinski definition) is 3. The summed E-state index contributed by atoms with van der Waals surface area (Å²) in [6, 6.07) is 21.7. The highest BCUT2D eigenvalue weighted by atomic mass is 16.3. The lowest BCUT2D eigenvalue weighted by Gasteiger charge is -2.31. The molecule has 6 nitrogen and oxygen atoms in total. The molecule has 3 aromatic rings. The Morgan fingerprint density at radius 2 is 1.58 bits per heavy atom. The van der Waals surface area contributed by atoms with Crippen molar-refractivity contribution < 1.29 is 14.7 Å². The van der Waals surface area contributed by atoms with Crippen LogP contribution in [-0.2, 0) is 35.4 Å². The zero-order valence-electron chi connectivity index (χ0n) is 21.6. The van der Waals surface area contributed by atoms with Gasteiger partial charge in [-0.05, 0) is 78.6 Å². The van der Waals surface area contributed by atoms with Gasteiger partial charge in [-0.3, -0.25) is 9.59 Å². The Bertz CT molecular complexity index is 1090. The number of primary amides is 1. The van der Waals surface area contributed by atoms with Crippen LogP contribution < -0.4 is 11.5 Å². The van der Waals surface area contributed by atoms with Gasteiger partial charge in [0, 0.05) is 13.1 Å². The Morgan fingerprint density at radius 3 is 2.17 bits per heavy atom. The average molecular weight is 490 g/mol. The van der Waals surface area contributed by atoms with E-state index in [9.17, 15) is 9.90 Å².